The van der Waals surface area contributed by atoms with Crippen LogP contribution >= 0.6 is 0 Å². The van der Waals surface area contributed by atoms with Crippen LogP contribution in [0.25, 0.3) is 11.4 Å². The van der Waals surface area contributed by atoms with E-state index in [2.05, 4.69) is 29.3 Å². The number of anilines is 1. The molecule has 0 radical (unpaired) electrons. The van der Waals surface area contributed by atoms with E-state index < -0.39 is 4.92 Å². The van der Waals surface area contributed by atoms with Crippen LogP contribution in [0, 0.1) is 17.0 Å². The van der Waals surface area contributed by atoms with Gasteiger partial charge >= 0.3 is 0 Å². The molecule has 3 aromatic rings. The molecule has 2 aromatic carbocycles. The van der Waals surface area contributed by atoms with Gasteiger partial charge in [0.15, 0.2) is 0 Å². The Balaban J connectivity index is 1.60. The molecule has 0 bridgehead atoms. The highest BCUT2D eigenvalue weighted by molar-refractivity contribution is 5.92. The normalized spacial score (nSPS) is 10.9. The lowest BCUT2D eigenvalue weighted by Crippen LogP contribution is -2.13. The van der Waals surface area contributed by atoms with E-state index in [1.54, 1.807) is 13.0 Å². The number of hydrogen-bond acceptors (Lipinski definition) is 6. The summed E-state index contributed by atoms with van der Waals surface area (Å²) < 4.78 is 5.24. The van der Waals surface area contributed by atoms with Crippen LogP contribution in [0.2, 0.25) is 0 Å². The molecule has 0 aliphatic carbocycles. The van der Waals surface area contributed by atoms with Crippen LogP contribution in [0.15, 0.2) is 47.0 Å². The van der Waals surface area contributed by atoms with Crippen molar-refractivity contribution >= 4 is 17.3 Å². The Bertz CT molecular complexity index is 1030. The van der Waals surface area contributed by atoms with E-state index in [0.717, 1.165) is 5.56 Å². The van der Waals surface area contributed by atoms with E-state index in [-0.39, 0.29) is 24.4 Å². The highest BCUT2D eigenvalue weighted by atomic mass is 16.6. The third kappa shape index (κ3) is 4.84. The van der Waals surface area contributed by atoms with Gasteiger partial charge in [0.1, 0.15) is 0 Å². The second kappa shape index (κ2) is 8.64. The van der Waals surface area contributed by atoms with E-state index in [4.69, 9.17) is 4.52 Å². The number of benzene rings is 2. The van der Waals surface area contributed by atoms with Gasteiger partial charge in [-0.15, -0.1) is 0 Å². The number of nitro benzene ring substituents is 1. The van der Waals surface area contributed by atoms with Gasteiger partial charge < -0.3 is 9.84 Å². The summed E-state index contributed by atoms with van der Waals surface area (Å²) in [5.74, 6) is 0.997. The maximum Gasteiger partial charge on any atom is 0.274 e. The molecule has 0 saturated carbocycles. The summed E-state index contributed by atoms with van der Waals surface area (Å²) in [7, 11) is 0. The number of hydrogen-bond donors (Lipinski definition) is 1. The van der Waals surface area contributed by atoms with Crippen molar-refractivity contribution in [2.24, 2.45) is 0 Å². The molecule has 1 heterocycles. The first-order valence-corrected chi connectivity index (χ1v) is 9.32. The van der Waals surface area contributed by atoms with Crippen LogP contribution in [0.1, 0.15) is 43.2 Å². The maximum atomic E-state index is 12.2. The molecular formula is C21H22N4O4. The number of carbonyl (C=O) groups excluding carboxylic acids is 1. The van der Waals surface area contributed by atoms with Crippen molar-refractivity contribution in [2.45, 2.75) is 39.5 Å². The van der Waals surface area contributed by atoms with E-state index in [9.17, 15) is 14.9 Å². The van der Waals surface area contributed by atoms with Crippen molar-refractivity contribution in [1.82, 2.24) is 10.1 Å². The van der Waals surface area contributed by atoms with Crippen LogP contribution in [0.3, 0.4) is 0 Å². The Morgan fingerprint density at radius 2 is 1.93 bits per heavy atom. The van der Waals surface area contributed by atoms with E-state index in [1.807, 2.05) is 24.3 Å². The van der Waals surface area contributed by atoms with Crippen LogP contribution in [-0.4, -0.2) is 21.0 Å². The number of amides is 1. The Kier molecular flexibility index (Phi) is 6.01. The van der Waals surface area contributed by atoms with Crippen molar-refractivity contribution in [2.75, 3.05) is 5.32 Å². The number of aromatic nitrogens is 2. The molecule has 29 heavy (non-hydrogen) atoms. The molecule has 8 nitrogen and oxygen atoms in total. The predicted molar refractivity (Wildman–Crippen MR) is 109 cm³/mol. The lowest BCUT2D eigenvalue weighted by atomic mass is 10.0. The molecule has 1 aromatic heterocycles. The highest BCUT2D eigenvalue weighted by Crippen LogP contribution is 2.25. The van der Waals surface area contributed by atoms with Crippen molar-refractivity contribution in [3.05, 3.63) is 69.6 Å². The molecule has 0 aliphatic rings. The standard InChI is InChI=1S/C21H22N4O4/c1-13(2)15-7-9-16(10-8-15)21-23-20(29-24-21)12-11-19(26)22-17-5-4-6-18(14(17)3)25(27)28/h4-10,13H,11-12H2,1-3H3,(H,22,26). The lowest BCUT2D eigenvalue weighted by molar-refractivity contribution is -0.385. The van der Waals surface area contributed by atoms with Crippen molar-refractivity contribution < 1.29 is 14.2 Å². The summed E-state index contributed by atoms with van der Waals surface area (Å²) in [4.78, 5) is 27.1. The van der Waals surface area contributed by atoms with Gasteiger partial charge in [0.2, 0.25) is 17.6 Å². The van der Waals surface area contributed by atoms with Crippen LogP contribution in [0.5, 0.6) is 0 Å². The Morgan fingerprint density at radius 1 is 1.21 bits per heavy atom. The average molecular weight is 394 g/mol. The summed E-state index contributed by atoms with van der Waals surface area (Å²) in [5.41, 5.74) is 2.87. The number of nitro groups is 1. The number of rotatable bonds is 7. The molecule has 150 valence electrons. The molecule has 1 N–H and O–H groups in total. The number of nitrogens with zero attached hydrogens (tertiary/aromatic N) is 3. The smallest absolute Gasteiger partial charge is 0.274 e. The van der Waals surface area contributed by atoms with E-state index >= 15 is 0 Å². The lowest BCUT2D eigenvalue weighted by Gasteiger charge is -2.07. The zero-order chi connectivity index (χ0) is 21.0. The molecule has 3 rings (SSSR count). The number of aryl methyl sites for hydroxylation is 1. The number of carbonyl (C=O) groups is 1. The summed E-state index contributed by atoms with van der Waals surface area (Å²) in [6, 6.07) is 12.5. The average Bonchev–Trinajstić information content (AvgIpc) is 3.17. The van der Waals surface area contributed by atoms with Gasteiger partial charge in [-0.3, -0.25) is 14.9 Å². The molecule has 1 amide bonds. The Hall–Kier alpha value is -3.55. The molecule has 0 spiro atoms. The fourth-order valence-corrected chi connectivity index (χ4v) is 2.88. The fourth-order valence-electron chi connectivity index (χ4n) is 2.88. The first-order valence-electron chi connectivity index (χ1n) is 9.32. The van der Waals surface area contributed by atoms with Crippen LogP contribution in [-0.2, 0) is 11.2 Å². The topological polar surface area (TPSA) is 111 Å². The van der Waals surface area contributed by atoms with Gasteiger partial charge in [0.05, 0.1) is 16.2 Å². The van der Waals surface area contributed by atoms with Crippen molar-refractivity contribution in [1.29, 1.82) is 0 Å². The molecule has 0 fully saturated rings. The van der Waals surface area contributed by atoms with Crippen LogP contribution in [0.4, 0.5) is 11.4 Å². The van der Waals surface area contributed by atoms with Crippen molar-refractivity contribution in [3.63, 3.8) is 0 Å². The van der Waals surface area contributed by atoms with E-state index in [0.29, 0.717) is 28.9 Å². The summed E-state index contributed by atoms with van der Waals surface area (Å²) in [6.07, 6.45) is 0.396. The zero-order valence-electron chi connectivity index (χ0n) is 16.5. The van der Waals surface area contributed by atoms with E-state index in [1.165, 1.54) is 17.7 Å². The minimum atomic E-state index is -0.474. The summed E-state index contributed by atoms with van der Waals surface area (Å²) in [5, 5.41) is 17.7. The molecule has 0 unspecified atom stereocenters. The molecule has 0 atom stereocenters. The maximum absolute atomic E-state index is 12.2. The summed E-state index contributed by atoms with van der Waals surface area (Å²) in [6.45, 7) is 5.85. The largest absolute Gasteiger partial charge is 0.339 e. The third-order valence-electron chi connectivity index (χ3n) is 4.65. The number of nitrogens with one attached hydrogen (secondary N) is 1. The van der Waals surface area contributed by atoms with Gasteiger partial charge in [0, 0.05) is 24.5 Å². The second-order valence-electron chi connectivity index (χ2n) is 7.04. The van der Waals surface area contributed by atoms with Gasteiger partial charge in [-0.2, -0.15) is 4.98 Å². The third-order valence-corrected chi connectivity index (χ3v) is 4.65. The quantitative estimate of drug-likeness (QED) is 0.461. The fraction of sp³-hybridized carbons (Fsp3) is 0.286. The monoisotopic (exact) mass is 394 g/mol. The highest BCUT2D eigenvalue weighted by Gasteiger charge is 2.16. The molecule has 0 aliphatic heterocycles. The second-order valence-corrected chi connectivity index (χ2v) is 7.04. The SMILES string of the molecule is Cc1c(NC(=O)CCc2nc(-c3ccc(C(C)C)cc3)no2)cccc1[N+](=O)[O-]. The van der Waals surface area contributed by atoms with Crippen LogP contribution < -0.4 is 5.32 Å². The first kappa shape index (κ1) is 20.2. The van der Waals surface area contributed by atoms with Gasteiger partial charge in [-0.05, 0) is 24.5 Å². The zero-order valence-corrected chi connectivity index (χ0v) is 16.5. The minimum Gasteiger partial charge on any atom is -0.339 e. The predicted octanol–water partition coefficient (Wildman–Crippen LogP) is 4.65. The molecular weight excluding hydrogens is 372 g/mol. The summed E-state index contributed by atoms with van der Waals surface area (Å²) >= 11 is 0. The Morgan fingerprint density at radius 3 is 2.59 bits per heavy atom. The van der Waals surface area contributed by atoms with Gasteiger partial charge in [-0.1, -0.05) is 49.3 Å². The van der Waals surface area contributed by atoms with Crippen molar-refractivity contribution in [3.8, 4) is 11.4 Å². The first-order chi connectivity index (χ1) is 13.8. The van der Waals surface area contributed by atoms with Gasteiger partial charge in [0.25, 0.3) is 5.69 Å². The minimum absolute atomic E-state index is 0.0344. The molecule has 8 heteroatoms. The molecule has 0 saturated heterocycles. The Labute approximate surface area is 168 Å². The van der Waals surface area contributed by atoms with Gasteiger partial charge in [-0.25, -0.2) is 0 Å².